The van der Waals surface area contributed by atoms with E-state index >= 15 is 0 Å². The second-order valence-electron chi connectivity index (χ2n) is 2.96. The van der Waals surface area contributed by atoms with Crippen molar-refractivity contribution in [2.45, 2.75) is 11.9 Å². The number of hydrogen-bond donors (Lipinski definition) is 1. The number of fused-ring (bicyclic) bond motifs is 1. The molecule has 0 fully saturated rings. The zero-order valence-electron chi connectivity index (χ0n) is 6.76. The molecule has 0 saturated heterocycles. The Balaban J connectivity index is 2.56. The van der Waals surface area contributed by atoms with E-state index in [0.29, 0.717) is 11.5 Å². The lowest BCUT2D eigenvalue weighted by Gasteiger charge is -2.21. The monoisotopic (exact) mass is 218 g/mol. The van der Waals surface area contributed by atoms with Gasteiger partial charge in [0.05, 0.1) is 11.1 Å². The van der Waals surface area contributed by atoms with E-state index in [1.165, 1.54) is 6.07 Å². The van der Waals surface area contributed by atoms with E-state index in [-0.39, 0.29) is 5.02 Å². The summed E-state index contributed by atoms with van der Waals surface area (Å²) < 4.78 is 13.0. The van der Waals surface area contributed by atoms with Crippen LogP contribution in [-0.4, -0.2) is 10.9 Å². The normalized spacial score (nSPS) is 21.3. The summed E-state index contributed by atoms with van der Waals surface area (Å²) in [6.45, 7) is 0. The summed E-state index contributed by atoms with van der Waals surface area (Å²) in [7, 11) is 0. The van der Waals surface area contributed by atoms with Crippen LogP contribution >= 0.6 is 23.4 Å². The molecule has 0 radical (unpaired) electrons. The summed E-state index contributed by atoms with van der Waals surface area (Å²) in [5, 5.41) is 9.73. The average Bonchev–Trinajstić information content (AvgIpc) is 2.12. The van der Waals surface area contributed by atoms with Gasteiger partial charge in [-0.25, -0.2) is 4.39 Å². The maximum Gasteiger partial charge on any atom is 0.142 e. The van der Waals surface area contributed by atoms with Crippen LogP contribution in [0.3, 0.4) is 0 Å². The quantitative estimate of drug-likeness (QED) is 0.723. The first-order chi connectivity index (χ1) is 6.20. The predicted octanol–water partition coefficient (Wildman–Crippen LogP) is 2.76. The van der Waals surface area contributed by atoms with Gasteiger partial charge in [0.2, 0.25) is 0 Å². The average molecular weight is 219 g/mol. The van der Waals surface area contributed by atoms with Crippen molar-refractivity contribution in [1.29, 1.82) is 0 Å². The Bertz CT molecular complexity index is 343. The van der Waals surface area contributed by atoms with E-state index in [0.717, 1.165) is 11.1 Å². The fraction of sp³-hybridized carbons (Fsp3) is 0.333. The molecule has 1 N–H and O–H groups in total. The molecule has 0 aromatic heterocycles. The van der Waals surface area contributed by atoms with Crippen LogP contribution in [0.15, 0.2) is 12.1 Å². The molecule has 2 rings (SSSR count). The molecule has 1 aromatic carbocycles. The number of thioether (sulfide) groups is 1. The fourth-order valence-electron chi connectivity index (χ4n) is 1.43. The van der Waals surface area contributed by atoms with Gasteiger partial charge < -0.3 is 5.11 Å². The number of rotatable bonds is 0. The number of benzene rings is 1. The van der Waals surface area contributed by atoms with E-state index in [4.69, 9.17) is 11.6 Å². The van der Waals surface area contributed by atoms with Gasteiger partial charge in [0.15, 0.2) is 0 Å². The van der Waals surface area contributed by atoms with Gasteiger partial charge in [0, 0.05) is 11.5 Å². The molecule has 1 aliphatic heterocycles. The van der Waals surface area contributed by atoms with Crippen LogP contribution in [0.2, 0.25) is 5.02 Å². The number of halogens is 2. The Labute approximate surface area is 84.9 Å². The Morgan fingerprint density at radius 3 is 3.08 bits per heavy atom. The third-order valence-electron chi connectivity index (χ3n) is 2.11. The zero-order valence-corrected chi connectivity index (χ0v) is 8.33. The lowest BCUT2D eigenvalue weighted by Crippen LogP contribution is -2.10. The first kappa shape index (κ1) is 9.31. The minimum absolute atomic E-state index is 0.156. The first-order valence-corrected chi connectivity index (χ1v) is 5.46. The van der Waals surface area contributed by atoms with E-state index < -0.39 is 11.9 Å². The van der Waals surface area contributed by atoms with E-state index in [1.807, 2.05) is 0 Å². The maximum atomic E-state index is 13.0. The molecule has 0 aliphatic carbocycles. The smallest absolute Gasteiger partial charge is 0.142 e. The van der Waals surface area contributed by atoms with Crippen LogP contribution < -0.4 is 0 Å². The van der Waals surface area contributed by atoms with Crippen molar-refractivity contribution >= 4 is 23.4 Å². The molecular formula is C9H8ClFOS. The Morgan fingerprint density at radius 1 is 1.54 bits per heavy atom. The Kier molecular flexibility index (Phi) is 2.49. The van der Waals surface area contributed by atoms with Gasteiger partial charge in [-0.3, -0.25) is 0 Å². The third-order valence-corrected chi connectivity index (χ3v) is 3.57. The van der Waals surface area contributed by atoms with Crippen LogP contribution in [0.5, 0.6) is 0 Å². The van der Waals surface area contributed by atoms with Crippen molar-refractivity contribution in [2.75, 3.05) is 5.75 Å². The van der Waals surface area contributed by atoms with Gasteiger partial charge in [-0.15, -0.1) is 0 Å². The molecule has 70 valence electrons. The van der Waals surface area contributed by atoms with E-state index in [9.17, 15) is 9.50 Å². The molecule has 0 unspecified atom stereocenters. The predicted molar refractivity (Wildman–Crippen MR) is 52.5 cm³/mol. The summed E-state index contributed by atoms with van der Waals surface area (Å²) in [6.07, 6.45) is -0.508. The lowest BCUT2D eigenvalue weighted by atomic mass is 10.0. The highest BCUT2D eigenvalue weighted by Crippen LogP contribution is 2.36. The fourth-order valence-corrected chi connectivity index (χ4v) is 2.78. The SMILES string of the molecule is O[C@@H]1CSCc2c1ccc(F)c2Cl. The second kappa shape index (κ2) is 3.48. The largest absolute Gasteiger partial charge is 0.388 e. The second-order valence-corrected chi connectivity index (χ2v) is 4.37. The van der Waals surface area contributed by atoms with E-state index in [1.54, 1.807) is 17.8 Å². The zero-order chi connectivity index (χ0) is 9.42. The van der Waals surface area contributed by atoms with Crippen molar-refractivity contribution < 1.29 is 9.50 Å². The number of aliphatic hydroxyl groups is 1. The van der Waals surface area contributed by atoms with Crippen molar-refractivity contribution in [3.05, 3.63) is 34.1 Å². The van der Waals surface area contributed by atoms with Gasteiger partial charge >= 0.3 is 0 Å². The van der Waals surface area contributed by atoms with Crippen molar-refractivity contribution in [3.8, 4) is 0 Å². The van der Waals surface area contributed by atoms with Crippen molar-refractivity contribution in [1.82, 2.24) is 0 Å². The summed E-state index contributed by atoms with van der Waals surface area (Å²) in [5.41, 5.74) is 1.51. The molecule has 0 saturated carbocycles. The molecule has 1 aliphatic rings. The van der Waals surface area contributed by atoms with Crippen LogP contribution in [0.4, 0.5) is 4.39 Å². The van der Waals surface area contributed by atoms with Crippen LogP contribution in [0.1, 0.15) is 17.2 Å². The molecule has 0 amide bonds. The summed E-state index contributed by atoms with van der Waals surface area (Å²) >= 11 is 7.34. The molecule has 4 heteroatoms. The summed E-state index contributed by atoms with van der Waals surface area (Å²) in [6, 6.07) is 2.92. The summed E-state index contributed by atoms with van der Waals surface area (Å²) in [5.74, 6) is 0.938. The van der Waals surface area contributed by atoms with E-state index in [2.05, 4.69) is 0 Å². The lowest BCUT2D eigenvalue weighted by molar-refractivity contribution is 0.201. The third kappa shape index (κ3) is 1.56. The first-order valence-electron chi connectivity index (χ1n) is 3.92. The molecular weight excluding hydrogens is 211 g/mol. The Hall–Kier alpha value is -0.250. The molecule has 0 bridgehead atoms. The molecule has 1 aromatic rings. The molecule has 0 spiro atoms. The minimum Gasteiger partial charge on any atom is -0.388 e. The topological polar surface area (TPSA) is 20.2 Å². The molecule has 13 heavy (non-hydrogen) atoms. The molecule has 1 atom stereocenters. The number of hydrogen-bond acceptors (Lipinski definition) is 2. The Morgan fingerprint density at radius 2 is 2.31 bits per heavy atom. The number of aliphatic hydroxyl groups excluding tert-OH is 1. The van der Waals surface area contributed by atoms with Gasteiger partial charge in [0.25, 0.3) is 0 Å². The maximum absolute atomic E-state index is 13.0. The van der Waals surface area contributed by atoms with Crippen molar-refractivity contribution in [2.24, 2.45) is 0 Å². The van der Waals surface area contributed by atoms with Gasteiger partial charge in [-0.2, -0.15) is 11.8 Å². The minimum atomic E-state index is -0.508. The highest BCUT2D eigenvalue weighted by molar-refractivity contribution is 7.98. The van der Waals surface area contributed by atoms with Crippen molar-refractivity contribution in [3.63, 3.8) is 0 Å². The van der Waals surface area contributed by atoms with Crippen LogP contribution in [0.25, 0.3) is 0 Å². The molecule has 1 nitrogen and oxygen atoms in total. The van der Waals surface area contributed by atoms with Gasteiger partial charge in [-0.1, -0.05) is 17.7 Å². The van der Waals surface area contributed by atoms with Crippen LogP contribution in [-0.2, 0) is 5.75 Å². The van der Waals surface area contributed by atoms with Crippen LogP contribution in [0, 0.1) is 5.82 Å². The highest BCUT2D eigenvalue weighted by atomic mass is 35.5. The highest BCUT2D eigenvalue weighted by Gasteiger charge is 2.21. The standard InChI is InChI=1S/C9H8ClFOS/c10-9-6-3-13-4-8(12)5(6)1-2-7(9)11/h1-2,8,12H,3-4H2/t8-/m1/s1. The van der Waals surface area contributed by atoms with Gasteiger partial charge in [-0.05, 0) is 17.2 Å². The van der Waals surface area contributed by atoms with Gasteiger partial charge in [0.1, 0.15) is 5.82 Å². The summed E-state index contributed by atoms with van der Waals surface area (Å²) in [4.78, 5) is 0. The molecule has 1 heterocycles.